The normalized spacial score (nSPS) is 9.75. The van der Waals surface area contributed by atoms with Gasteiger partial charge in [-0.05, 0) is 0 Å². The van der Waals surface area contributed by atoms with E-state index >= 15 is 0 Å². The van der Waals surface area contributed by atoms with Crippen molar-refractivity contribution in [1.82, 2.24) is 4.90 Å². The second-order valence-corrected chi connectivity index (χ2v) is 2.73. The van der Waals surface area contributed by atoms with E-state index in [0.29, 0.717) is 0 Å². The van der Waals surface area contributed by atoms with E-state index in [-0.39, 0.29) is 0 Å². The van der Waals surface area contributed by atoms with Crippen molar-refractivity contribution in [3.63, 3.8) is 0 Å². The molecule has 0 spiro atoms. The van der Waals surface area contributed by atoms with E-state index in [9.17, 15) is 0 Å². The Balaban J connectivity index is 2.90. The first-order valence-electron chi connectivity index (χ1n) is 3.78. The van der Waals surface area contributed by atoms with Crippen molar-refractivity contribution in [2.24, 2.45) is 0 Å². The maximum atomic E-state index is 7.10. The van der Waals surface area contributed by atoms with Crippen LogP contribution in [0.1, 0.15) is 5.56 Å². The van der Waals surface area contributed by atoms with Crippen LogP contribution < -0.4 is 0 Å². The van der Waals surface area contributed by atoms with Crippen molar-refractivity contribution in [2.45, 2.75) is 0 Å². The molecule has 0 aromatic heterocycles. The Bertz CT molecular complexity index is 269. The minimum absolute atomic E-state index is 0.801. The van der Waals surface area contributed by atoms with E-state index in [1.54, 1.807) is 0 Å². The Morgan fingerprint density at radius 2 is 1.83 bits per heavy atom. The molecule has 0 N–H and O–H groups in total. The predicted octanol–water partition coefficient (Wildman–Crippen LogP) is 1.72. The van der Waals surface area contributed by atoms with E-state index in [4.69, 9.17) is 6.42 Å². The third-order valence-electron chi connectivity index (χ3n) is 1.61. The zero-order valence-electron chi connectivity index (χ0n) is 7.33. The molecule has 0 aliphatic carbocycles. The summed E-state index contributed by atoms with van der Waals surface area (Å²) in [6, 6.07) is 10.6. The molecule has 0 radical (unpaired) electrons. The topological polar surface area (TPSA) is 3.24 Å². The van der Waals surface area contributed by atoms with Gasteiger partial charge in [-0.3, -0.25) is 0 Å². The van der Waals surface area contributed by atoms with Crippen LogP contribution in [-0.4, -0.2) is 19.0 Å². The van der Waals surface area contributed by atoms with Crippen molar-refractivity contribution >= 4 is 0 Å². The van der Waals surface area contributed by atoms with Crippen molar-refractivity contribution < 1.29 is 0 Å². The van der Waals surface area contributed by atoms with Gasteiger partial charge in [0, 0.05) is 0 Å². The van der Waals surface area contributed by atoms with Crippen molar-refractivity contribution in [1.29, 1.82) is 0 Å². The number of rotatable bonds is 2. The first-order chi connectivity index (χ1) is 5.75. The Morgan fingerprint density at radius 1 is 1.25 bits per heavy atom. The summed E-state index contributed by atoms with van der Waals surface area (Å²) in [4.78, 5) is 1.88. The van der Waals surface area contributed by atoms with Crippen LogP contribution in [0, 0.1) is 18.4 Å². The van der Waals surface area contributed by atoms with Gasteiger partial charge in [0.1, 0.15) is 0 Å². The fourth-order valence-corrected chi connectivity index (χ4v) is 1.04. The van der Waals surface area contributed by atoms with E-state index < -0.39 is 0 Å². The summed E-state index contributed by atoms with van der Waals surface area (Å²) in [6.07, 6.45) is 7.10. The molecule has 60 valence electrons. The summed E-state index contributed by atoms with van der Waals surface area (Å²) in [5.74, 6) is 2.41. The van der Waals surface area contributed by atoms with Gasteiger partial charge in [-0.15, -0.1) is 0 Å². The SMILES string of the molecule is [C+]#C[C-](c1ccccc1)N(C)C. The molecule has 1 heteroatoms. The summed E-state index contributed by atoms with van der Waals surface area (Å²) in [5.41, 5.74) is 1.03. The van der Waals surface area contributed by atoms with Crippen LogP contribution in [0.2, 0.25) is 0 Å². The van der Waals surface area contributed by atoms with Gasteiger partial charge in [0.25, 0.3) is 0 Å². The number of hydrogen-bond acceptors (Lipinski definition) is 1. The van der Waals surface area contributed by atoms with Gasteiger partial charge >= 0.3 is 73.3 Å². The predicted molar refractivity (Wildman–Crippen MR) is 49.6 cm³/mol. The van der Waals surface area contributed by atoms with E-state index in [1.165, 1.54) is 0 Å². The maximum absolute atomic E-state index is 7.10. The molecule has 1 aromatic carbocycles. The van der Waals surface area contributed by atoms with Crippen LogP contribution in [0.4, 0.5) is 0 Å². The first-order valence-corrected chi connectivity index (χ1v) is 3.78. The zero-order valence-corrected chi connectivity index (χ0v) is 7.33. The fraction of sp³-hybridized carbons (Fsp3) is 0.182. The van der Waals surface area contributed by atoms with Crippen LogP contribution in [0.5, 0.6) is 0 Å². The van der Waals surface area contributed by atoms with Gasteiger partial charge in [0.2, 0.25) is 0 Å². The van der Waals surface area contributed by atoms with E-state index in [2.05, 4.69) is 5.92 Å². The molecule has 12 heavy (non-hydrogen) atoms. The second kappa shape index (κ2) is 4.01. The van der Waals surface area contributed by atoms with Crippen molar-refractivity contribution in [3.8, 4) is 5.92 Å². The summed E-state index contributed by atoms with van der Waals surface area (Å²) >= 11 is 0. The quantitative estimate of drug-likeness (QED) is 0.466. The Hall–Kier alpha value is -1.17. The molecular weight excluding hydrogens is 146 g/mol. The van der Waals surface area contributed by atoms with Crippen LogP contribution in [-0.2, 0) is 0 Å². The van der Waals surface area contributed by atoms with E-state index in [0.717, 1.165) is 11.6 Å². The fourth-order valence-electron chi connectivity index (χ4n) is 1.04. The second-order valence-electron chi connectivity index (χ2n) is 2.73. The molecule has 0 unspecified atom stereocenters. The number of benzene rings is 1. The summed E-state index contributed by atoms with van der Waals surface area (Å²) in [5, 5.41) is 0. The third kappa shape index (κ3) is 1.91. The van der Waals surface area contributed by atoms with Crippen LogP contribution in [0.3, 0.4) is 0 Å². The first kappa shape index (κ1) is 8.92. The number of nitrogens with zero attached hydrogens (tertiary/aromatic N) is 1. The third-order valence-corrected chi connectivity index (χ3v) is 1.61. The average molecular weight is 157 g/mol. The van der Waals surface area contributed by atoms with Crippen LogP contribution in [0.25, 0.3) is 0 Å². The molecule has 1 nitrogen and oxygen atoms in total. The molecule has 0 saturated heterocycles. The van der Waals surface area contributed by atoms with Crippen LogP contribution >= 0.6 is 0 Å². The van der Waals surface area contributed by atoms with Gasteiger partial charge in [-0.25, -0.2) is 0 Å². The summed E-state index contributed by atoms with van der Waals surface area (Å²) in [6.45, 7) is 0. The van der Waals surface area contributed by atoms with Crippen LogP contribution in [0.15, 0.2) is 30.3 Å². The van der Waals surface area contributed by atoms with Gasteiger partial charge in [-0.1, -0.05) is 0 Å². The Kier molecular flexibility index (Phi) is 2.98. The minimum atomic E-state index is 0.801. The summed E-state index contributed by atoms with van der Waals surface area (Å²) < 4.78 is 0. The Morgan fingerprint density at radius 3 is 2.25 bits per heavy atom. The molecule has 0 aliphatic rings. The molecule has 1 aromatic rings. The van der Waals surface area contributed by atoms with Gasteiger partial charge in [-0.2, -0.15) is 0 Å². The Labute approximate surface area is 74.0 Å². The molecule has 0 fully saturated rings. The molecule has 0 heterocycles. The zero-order chi connectivity index (χ0) is 8.97. The molecule has 0 bridgehead atoms. The molecular formula is C11H11N. The number of hydrogen-bond donors (Lipinski definition) is 0. The van der Waals surface area contributed by atoms with Crippen molar-refractivity contribution in [2.75, 3.05) is 14.1 Å². The van der Waals surface area contributed by atoms with Crippen molar-refractivity contribution in [3.05, 3.63) is 48.4 Å². The van der Waals surface area contributed by atoms with E-state index in [1.807, 2.05) is 49.3 Å². The summed E-state index contributed by atoms with van der Waals surface area (Å²) in [7, 11) is 3.81. The average Bonchev–Trinajstić information content (AvgIpc) is 2.07. The van der Waals surface area contributed by atoms with Gasteiger partial charge < -0.3 is 0 Å². The monoisotopic (exact) mass is 157 g/mol. The van der Waals surface area contributed by atoms with Gasteiger partial charge in [0.05, 0.1) is 0 Å². The molecule has 0 atom stereocenters. The van der Waals surface area contributed by atoms with Gasteiger partial charge in [0.15, 0.2) is 0 Å². The molecule has 0 saturated carbocycles. The molecule has 0 amide bonds. The standard InChI is InChI=1S/C11H11N/c1-4-11(12(2)3)10-8-6-5-7-9-10/h5-9H,2-3H3. The molecule has 1 rings (SSSR count). The molecule has 0 aliphatic heterocycles.